The molecule has 154 valence electrons. The molecule has 3 N–H and O–H groups in total. The van der Waals surface area contributed by atoms with Gasteiger partial charge < -0.3 is 24.6 Å². The molecule has 1 aliphatic rings. The topological polar surface area (TPSA) is 86.2 Å². The van der Waals surface area contributed by atoms with Crippen LogP contribution in [0.4, 0.5) is 0 Å². The standard InChI is InChI=1S/C21H32N4O3/c1-3-22-20(24-16-21(2,26)19-10-8-14-28-19)23-15-17(18-9-7-13-27-18)25-11-5-4-6-12-25/h7-10,13-14,17,26H,3-6,11-12,15-16H2,1-2H3,(H2,22,23,24). The lowest BCUT2D eigenvalue weighted by molar-refractivity contribution is 0.0436. The zero-order chi connectivity index (χ0) is 19.8. The van der Waals surface area contributed by atoms with E-state index in [9.17, 15) is 5.11 Å². The Bertz CT molecular complexity index is 704. The van der Waals surface area contributed by atoms with E-state index in [1.54, 1.807) is 31.6 Å². The first-order valence-corrected chi connectivity index (χ1v) is 10.2. The van der Waals surface area contributed by atoms with E-state index < -0.39 is 5.60 Å². The fourth-order valence-electron chi connectivity index (χ4n) is 3.55. The zero-order valence-electron chi connectivity index (χ0n) is 16.9. The average Bonchev–Trinajstić information content (AvgIpc) is 3.41. The van der Waals surface area contributed by atoms with Gasteiger partial charge in [-0.2, -0.15) is 0 Å². The second kappa shape index (κ2) is 9.80. The van der Waals surface area contributed by atoms with Crippen LogP contribution in [0.25, 0.3) is 0 Å². The summed E-state index contributed by atoms with van der Waals surface area (Å²) in [5.41, 5.74) is -1.15. The highest BCUT2D eigenvalue weighted by atomic mass is 16.4. The molecule has 1 fully saturated rings. The van der Waals surface area contributed by atoms with Crippen molar-refractivity contribution in [1.82, 2.24) is 15.5 Å². The van der Waals surface area contributed by atoms with Crippen LogP contribution in [0, 0.1) is 0 Å². The van der Waals surface area contributed by atoms with Gasteiger partial charge in [-0.15, -0.1) is 0 Å². The molecule has 0 amide bonds. The lowest BCUT2D eigenvalue weighted by atomic mass is 10.0. The van der Waals surface area contributed by atoms with Crippen LogP contribution in [-0.4, -0.2) is 48.7 Å². The maximum absolute atomic E-state index is 10.6. The molecule has 0 bridgehead atoms. The van der Waals surface area contributed by atoms with Gasteiger partial charge in [0.2, 0.25) is 0 Å². The summed E-state index contributed by atoms with van der Waals surface area (Å²) in [4.78, 5) is 7.04. The number of piperidine rings is 1. The van der Waals surface area contributed by atoms with Crippen LogP contribution in [0.1, 0.15) is 50.7 Å². The molecule has 1 aliphatic heterocycles. The highest BCUT2D eigenvalue weighted by Gasteiger charge is 2.27. The first-order chi connectivity index (χ1) is 13.6. The normalized spacial score (nSPS) is 19.2. The van der Waals surface area contributed by atoms with Crippen molar-refractivity contribution in [2.45, 2.75) is 44.8 Å². The molecule has 2 atom stereocenters. The summed E-state index contributed by atoms with van der Waals surface area (Å²) in [6.07, 6.45) is 7.02. The van der Waals surface area contributed by atoms with Gasteiger partial charge in [-0.25, -0.2) is 4.99 Å². The Labute approximate surface area is 166 Å². The van der Waals surface area contributed by atoms with E-state index in [0.29, 0.717) is 18.3 Å². The van der Waals surface area contributed by atoms with Crippen LogP contribution in [0.2, 0.25) is 0 Å². The van der Waals surface area contributed by atoms with Gasteiger partial charge in [0.15, 0.2) is 5.96 Å². The van der Waals surface area contributed by atoms with Crippen LogP contribution >= 0.6 is 0 Å². The molecule has 0 aromatic carbocycles. The van der Waals surface area contributed by atoms with Crippen LogP contribution in [-0.2, 0) is 5.60 Å². The Morgan fingerprint density at radius 3 is 2.57 bits per heavy atom. The van der Waals surface area contributed by atoms with Crippen molar-refractivity contribution in [1.29, 1.82) is 0 Å². The molecule has 0 aliphatic carbocycles. The maximum Gasteiger partial charge on any atom is 0.191 e. The van der Waals surface area contributed by atoms with Crippen molar-refractivity contribution >= 4 is 5.96 Å². The number of nitrogens with one attached hydrogen (secondary N) is 2. The predicted octanol–water partition coefficient (Wildman–Crippen LogP) is 2.86. The molecule has 7 nitrogen and oxygen atoms in total. The number of rotatable bonds is 8. The second-order valence-corrected chi connectivity index (χ2v) is 7.46. The van der Waals surface area contributed by atoms with Crippen LogP contribution < -0.4 is 10.6 Å². The maximum atomic E-state index is 10.6. The van der Waals surface area contributed by atoms with Crippen molar-refractivity contribution in [2.24, 2.45) is 4.99 Å². The van der Waals surface area contributed by atoms with Crippen molar-refractivity contribution in [3.05, 3.63) is 48.3 Å². The molecule has 0 saturated carbocycles. The molecule has 0 radical (unpaired) electrons. The molecular weight excluding hydrogens is 356 g/mol. The zero-order valence-corrected chi connectivity index (χ0v) is 16.9. The molecule has 2 aromatic heterocycles. The lowest BCUT2D eigenvalue weighted by Crippen LogP contribution is -2.45. The number of aliphatic imine (C=N–C) groups is 1. The Balaban J connectivity index is 1.66. The molecule has 28 heavy (non-hydrogen) atoms. The minimum Gasteiger partial charge on any atom is -0.468 e. The lowest BCUT2D eigenvalue weighted by Gasteiger charge is -2.33. The molecule has 2 unspecified atom stereocenters. The number of hydrogen-bond acceptors (Lipinski definition) is 5. The molecule has 2 aromatic rings. The van der Waals surface area contributed by atoms with Crippen LogP contribution in [0.3, 0.4) is 0 Å². The van der Waals surface area contributed by atoms with Gasteiger partial charge in [-0.05, 0) is 64.0 Å². The summed E-state index contributed by atoms with van der Waals surface area (Å²) in [6.45, 7) is 7.51. The Kier molecular flexibility index (Phi) is 7.17. The van der Waals surface area contributed by atoms with Crippen LogP contribution in [0.15, 0.2) is 50.6 Å². The Morgan fingerprint density at radius 1 is 1.18 bits per heavy atom. The van der Waals surface area contributed by atoms with Gasteiger partial charge >= 0.3 is 0 Å². The fourth-order valence-corrected chi connectivity index (χ4v) is 3.55. The molecular formula is C21H32N4O3. The van der Waals surface area contributed by atoms with E-state index in [2.05, 4.69) is 20.5 Å². The predicted molar refractivity (Wildman–Crippen MR) is 109 cm³/mol. The van der Waals surface area contributed by atoms with Gasteiger partial charge in [0.1, 0.15) is 17.1 Å². The summed E-state index contributed by atoms with van der Waals surface area (Å²) >= 11 is 0. The third kappa shape index (κ3) is 5.39. The van der Waals surface area contributed by atoms with E-state index in [1.807, 2.05) is 19.1 Å². The number of aliphatic hydroxyl groups is 1. The largest absolute Gasteiger partial charge is 0.468 e. The number of nitrogens with zero attached hydrogens (tertiary/aromatic N) is 2. The molecule has 3 heterocycles. The number of hydrogen-bond donors (Lipinski definition) is 3. The van der Waals surface area contributed by atoms with E-state index in [1.165, 1.54) is 19.3 Å². The summed E-state index contributed by atoms with van der Waals surface area (Å²) in [7, 11) is 0. The highest BCUT2D eigenvalue weighted by molar-refractivity contribution is 5.79. The molecule has 7 heteroatoms. The van der Waals surface area contributed by atoms with E-state index >= 15 is 0 Å². The Morgan fingerprint density at radius 2 is 1.93 bits per heavy atom. The SMILES string of the molecule is CCNC(=NCC(C)(O)c1ccco1)NCC(c1ccco1)N1CCCCC1. The summed E-state index contributed by atoms with van der Waals surface area (Å²) in [6, 6.07) is 7.66. The number of guanidine groups is 1. The van der Waals surface area contributed by atoms with Crippen molar-refractivity contribution in [3.8, 4) is 0 Å². The monoisotopic (exact) mass is 388 g/mol. The molecule has 3 rings (SSSR count). The van der Waals surface area contributed by atoms with E-state index in [4.69, 9.17) is 8.83 Å². The first kappa shape index (κ1) is 20.5. The molecule has 1 saturated heterocycles. The van der Waals surface area contributed by atoms with Gasteiger partial charge in [-0.3, -0.25) is 4.90 Å². The van der Waals surface area contributed by atoms with Crippen LogP contribution in [0.5, 0.6) is 0 Å². The second-order valence-electron chi connectivity index (χ2n) is 7.46. The van der Waals surface area contributed by atoms with Gasteiger partial charge in [0.05, 0.1) is 25.1 Å². The minimum atomic E-state index is -1.15. The van der Waals surface area contributed by atoms with Gasteiger partial charge in [-0.1, -0.05) is 6.42 Å². The number of likely N-dealkylation sites (tertiary alicyclic amines) is 1. The smallest absolute Gasteiger partial charge is 0.191 e. The first-order valence-electron chi connectivity index (χ1n) is 10.2. The summed E-state index contributed by atoms with van der Waals surface area (Å²) in [5.74, 6) is 2.14. The van der Waals surface area contributed by atoms with E-state index in [-0.39, 0.29) is 12.6 Å². The third-order valence-corrected chi connectivity index (χ3v) is 5.11. The average molecular weight is 389 g/mol. The van der Waals surface area contributed by atoms with Crippen molar-refractivity contribution in [2.75, 3.05) is 32.7 Å². The Hall–Kier alpha value is -2.25. The minimum absolute atomic E-state index is 0.157. The fraction of sp³-hybridized carbons (Fsp3) is 0.571. The highest BCUT2D eigenvalue weighted by Crippen LogP contribution is 2.24. The summed E-state index contributed by atoms with van der Waals surface area (Å²) in [5, 5.41) is 17.3. The third-order valence-electron chi connectivity index (χ3n) is 5.11. The number of furan rings is 2. The summed E-state index contributed by atoms with van der Waals surface area (Å²) < 4.78 is 11.0. The molecule has 0 spiro atoms. The van der Waals surface area contributed by atoms with Gasteiger partial charge in [0.25, 0.3) is 0 Å². The van der Waals surface area contributed by atoms with Crippen molar-refractivity contribution in [3.63, 3.8) is 0 Å². The van der Waals surface area contributed by atoms with Gasteiger partial charge in [0, 0.05) is 13.1 Å². The quantitative estimate of drug-likeness (QED) is 0.476. The van der Waals surface area contributed by atoms with E-state index in [0.717, 1.165) is 25.4 Å². The van der Waals surface area contributed by atoms with Crippen molar-refractivity contribution < 1.29 is 13.9 Å².